The van der Waals surface area contributed by atoms with E-state index >= 15 is 0 Å². The Morgan fingerprint density at radius 1 is 1.10 bits per heavy atom. The fraction of sp³-hybridized carbons (Fsp3) is 0.348. The molecule has 0 spiro atoms. The molecule has 0 N–H and O–H groups in total. The topological polar surface area (TPSA) is 64.8 Å². The first kappa shape index (κ1) is 24.2. The predicted octanol–water partition coefficient (Wildman–Crippen LogP) is 5.65. The largest absolute Gasteiger partial charge is 0.494 e. The summed E-state index contributed by atoms with van der Waals surface area (Å²) in [6, 6.07) is 12.3. The van der Waals surface area contributed by atoms with Gasteiger partial charge in [-0.2, -0.15) is 0 Å². The molecular formula is C23H28BrNO4S. The number of hydrogen-bond acceptors (Lipinski definition) is 4. The molecule has 0 saturated carbocycles. The van der Waals surface area contributed by atoms with E-state index < -0.39 is 9.84 Å². The van der Waals surface area contributed by atoms with E-state index in [0.29, 0.717) is 22.8 Å². The normalized spacial score (nSPS) is 11.3. The lowest BCUT2D eigenvalue weighted by Gasteiger charge is -2.10. The van der Waals surface area contributed by atoms with Crippen molar-refractivity contribution in [2.75, 3.05) is 11.9 Å². The van der Waals surface area contributed by atoms with Crippen LogP contribution >= 0.6 is 15.9 Å². The van der Waals surface area contributed by atoms with Crippen molar-refractivity contribution in [3.8, 4) is 5.75 Å². The van der Waals surface area contributed by atoms with Crippen molar-refractivity contribution in [3.63, 3.8) is 0 Å². The summed E-state index contributed by atoms with van der Waals surface area (Å²) in [5, 5.41) is 0.874. The van der Waals surface area contributed by atoms with E-state index in [4.69, 9.17) is 4.74 Å². The van der Waals surface area contributed by atoms with Crippen LogP contribution < -0.4 is 4.74 Å². The number of aromatic nitrogens is 1. The molecule has 3 aromatic rings. The molecule has 0 atom stereocenters. The Hall–Kier alpha value is -2.12. The number of carbonyl (C=O) groups is 1. The highest BCUT2D eigenvalue weighted by molar-refractivity contribution is 9.09. The Bertz CT molecular complexity index is 1080. The fourth-order valence-electron chi connectivity index (χ4n) is 2.90. The zero-order valence-corrected chi connectivity index (χ0v) is 20.2. The number of hydrogen-bond donors (Lipinski definition) is 0. The van der Waals surface area contributed by atoms with Gasteiger partial charge in [0.05, 0.1) is 17.0 Å². The molecule has 0 saturated heterocycles. The van der Waals surface area contributed by atoms with Crippen LogP contribution in [0.25, 0.3) is 5.52 Å². The van der Waals surface area contributed by atoms with Gasteiger partial charge in [0.15, 0.2) is 0 Å². The first-order chi connectivity index (χ1) is 14.2. The number of nitrogens with zero attached hydrogens (tertiary/aromatic N) is 1. The van der Waals surface area contributed by atoms with Crippen LogP contribution in [0.3, 0.4) is 0 Å². The van der Waals surface area contributed by atoms with Gasteiger partial charge in [0.2, 0.25) is 9.84 Å². The van der Waals surface area contributed by atoms with Crippen molar-refractivity contribution in [3.05, 3.63) is 60.4 Å². The molecule has 0 amide bonds. The molecule has 1 aromatic carbocycles. The quantitative estimate of drug-likeness (QED) is 0.314. The zero-order valence-electron chi connectivity index (χ0n) is 17.8. The Balaban J connectivity index is 0.000000735. The number of ketones is 1. The fourth-order valence-corrected chi connectivity index (χ4v) is 4.91. The summed E-state index contributed by atoms with van der Waals surface area (Å²) in [4.78, 5) is 10.1. The third kappa shape index (κ3) is 5.95. The summed E-state index contributed by atoms with van der Waals surface area (Å²) in [5.74, 6) is 0.947. The van der Waals surface area contributed by atoms with Gasteiger partial charge < -0.3 is 13.9 Å². The minimum Gasteiger partial charge on any atom is -0.494 e. The molecule has 30 heavy (non-hydrogen) atoms. The molecule has 0 aliphatic carbocycles. The molecule has 7 heteroatoms. The van der Waals surface area contributed by atoms with Crippen molar-refractivity contribution in [1.29, 1.82) is 0 Å². The Morgan fingerprint density at radius 2 is 1.73 bits per heavy atom. The Morgan fingerprint density at radius 3 is 2.30 bits per heavy atom. The highest BCUT2D eigenvalue weighted by Gasteiger charge is 2.27. The summed E-state index contributed by atoms with van der Waals surface area (Å²) in [5.41, 5.74) is 1.53. The summed E-state index contributed by atoms with van der Waals surface area (Å²) >= 11 is 3.36. The maximum atomic E-state index is 13.3. The van der Waals surface area contributed by atoms with Crippen molar-refractivity contribution < 1.29 is 17.9 Å². The zero-order chi connectivity index (χ0) is 22.3. The minimum atomic E-state index is -3.62. The molecule has 162 valence electrons. The summed E-state index contributed by atoms with van der Waals surface area (Å²) in [6.07, 6.45) is 4.68. The molecular weight excluding hydrogens is 466 g/mol. The van der Waals surface area contributed by atoms with Crippen LogP contribution in [0.2, 0.25) is 0 Å². The molecule has 5 nitrogen and oxygen atoms in total. The molecule has 0 bridgehead atoms. The predicted molar refractivity (Wildman–Crippen MR) is 124 cm³/mol. The highest BCUT2D eigenvalue weighted by Crippen LogP contribution is 2.34. The lowest BCUT2D eigenvalue weighted by molar-refractivity contribution is -0.114. The first-order valence-corrected chi connectivity index (χ1v) is 12.4. The molecule has 2 heterocycles. The monoisotopic (exact) mass is 493 g/mol. The molecule has 0 aliphatic rings. The minimum absolute atomic E-state index is 0.103. The van der Waals surface area contributed by atoms with Gasteiger partial charge in [-0.3, -0.25) is 0 Å². The van der Waals surface area contributed by atoms with Gasteiger partial charge in [-0.05, 0) is 68.1 Å². The third-order valence-electron chi connectivity index (χ3n) is 4.23. The van der Waals surface area contributed by atoms with E-state index in [9.17, 15) is 13.2 Å². The SMILES string of the molecule is CC(C)=O.CC(C)c1cn2ccccc2c1S(=O)(=O)c1ccc(OCCCBr)cc1. The van der Waals surface area contributed by atoms with Crippen LogP contribution in [0.15, 0.2) is 64.6 Å². The van der Waals surface area contributed by atoms with Gasteiger partial charge in [0.1, 0.15) is 16.4 Å². The summed E-state index contributed by atoms with van der Waals surface area (Å²) in [7, 11) is -3.62. The van der Waals surface area contributed by atoms with Crippen LogP contribution in [-0.4, -0.2) is 30.5 Å². The second-order valence-corrected chi connectivity index (χ2v) is 10.0. The average Bonchev–Trinajstić information content (AvgIpc) is 3.09. The van der Waals surface area contributed by atoms with E-state index in [1.807, 2.05) is 48.8 Å². The van der Waals surface area contributed by atoms with E-state index in [1.165, 1.54) is 13.8 Å². The van der Waals surface area contributed by atoms with Gasteiger partial charge in [-0.25, -0.2) is 8.42 Å². The van der Waals surface area contributed by atoms with E-state index in [-0.39, 0.29) is 16.6 Å². The number of rotatable bonds is 7. The Kier molecular flexibility index (Phi) is 8.67. The average molecular weight is 494 g/mol. The van der Waals surface area contributed by atoms with Gasteiger partial charge in [0, 0.05) is 17.7 Å². The number of alkyl halides is 1. The number of carbonyl (C=O) groups excluding carboxylic acids is 1. The standard InChI is InChI=1S/C20H22BrNO3S.C3H6O/c1-15(2)18-14-22-12-4-3-6-19(22)20(18)26(23,24)17-9-7-16(8-10-17)25-13-5-11-21;1-3(2)4/h3-4,6-10,12,14-15H,5,11,13H2,1-2H3;1-2H3. The van der Waals surface area contributed by atoms with Gasteiger partial charge in [-0.15, -0.1) is 0 Å². The second-order valence-electron chi connectivity index (χ2n) is 7.34. The van der Waals surface area contributed by atoms with Crippen LogP contribution in [0, 0.1) is 0 Å². The molecule has 0 unspecified atom stereocenters. The Labute approximate surface area is 187 Å². The maximum Gasteiger partial charge on any atom is 0.209 e. The molecule has 3 rings (SSSR count). The highest BCUT2D eigenvalue weighted by atomic mass is 79.9. The second kappa shape index (κ2) is 10.8. The van der Waals surface area contributed by atoms with Crippen LogP contribution in [0.5, 0.6) is 5.75 Å². The van der Waals surface area contributed by atoms with Gasteiger partial charge >= 0.3 is 0 Å². The van der Waals surface area contributed by atoms with E-state index in [1.54, 1.807) is 24.3 Å². The number of benzene rings is 1. The number of ether oxygens (including phenoxy) is 1. The summed E-state index contributed by atoms with van der Waals surface area (Å²) < 4.78 is 34.2. The van der Waals surface area contributed by atoms with Gasteiger partial charge in [0.25, 0.3) is 0 Å². The van der Waals surface area contributed by atoms with E-state index in [0.717, 1.165) is 17.3 Å². The van der Waals surface area contributed by atoms with Crippen molar-refractivity contribution in [1.82, 2.24) is 4.40 Å². The molecule has 0 radical (unpaired) electrons. The van der Waals surface area contributed by atoms with Crippen LogP contribution in [0.1, 0.15) is 45.6 Å². The number of sulfone groups is 1. The van der Waals surface area contributed by atoms with Crippen LogP contribution in [-0.2, 0) is 14.6 Å². The lowest BCUT2D eigenvalue weighted by atomic mass is 10.1. The van der Waals surface area contributed by atoms with E-state index in [2.05, 4.69) is 15.9 Å². The molecule has 0 aliphatic heterocycles. The van der Waals surface area contributed by atoms with Crippen LogP contribution in [0.4, 0.5) is 0 Å². The van der Waals surface area contributed by atoms with Crippen molar-refractivity contribution in [2.24, 2.45) is 0 Å². The van der Waals surface area contributed by atoms with Gasteiger partial charge in [-0.1, -0.05) is 35.8 Å². The molecule has 0 fully saturated rings. The molecule has 2 aromatic heterocycles. The lowest BCUT2D eigenvalue weighted by Crippen LogP contribution is -2.05. The number of Topliss-reactive ketones (excluding diaryl/α,β-unsaturated/α-hetero) is 1. The maximum absolute atomic E-state index is 13.3. The third-order valence-corrected chi connectivity index (χ3v) is 6.67. The summed E-state index contributed by atoms with van der Waals surface area (Å²) in [6.45, 7) is 7.67. The number of halogens is 1. The first-order valence-electron chi connectivity index (χ1n) is 9.79. The number of fused-ring (bicyclic) bond motifs is 1. The smallest absolute Gasteiger partial charge is 0.209 e. The number of pyridine rings is 1. The van der Waals surface area contributed by atoms with Crippen molar-refractivity contribution in [2.45, 2.75) is 49.8 Å². The van der Waals surface area contributed by atoms with Crippen molar-refractivity contribution >= 4 is 37.1 Å².